The van der Waals surface area contributed by atoms with Gasteiger partial charge in [0.15, 0.2) is 0 Å². The summed E-state index contributed by atoms with van der Waals surface area (Å²) in [4.78, 5) is 24.2. The minimum atomic E-state index is -0.0314. The van der Waals surface area contributed by atoms with Gasteiger partial charge in [-0.25, -0.2) is 0 Å². The molecule has 3 atom stereocenters. The van der Waals surface area contributed by atoms with Crippen LogP contribution < -0.4 is 16.0 Å². The Kier molecular flexibility index (Phi) is 6.52. The molecule has 0 spiro atoms. The number of hydrogen-bond acceptors (Lipinski definition) is 3. The first-order chi connectivity index (χ1) is 11.7. The highest BCUT2D eigenvalue weighted by molar-refractivity contribution is 5.82. The largest absolute Gasteiger partial charge is 0.354 e. The average Bonchev–Trinajstić information content (AvgIpc) is 3.04. The summed E-state index contributed by atoms with van der Waals surface area (Å²) in [6.45, 7) is 1.07. The summed E-state index contributed by atoms with van der Waals surface area (Å²) in [5.41, 5.74) is 0. The Hall–Kier alpha value is -1.10. The fourth-order valence-electron chi connectivity index (χ4n) is 4.76. The molecule has 0 aromatic heterocycles. The molecule has 3 N–H and O–H groups in total. The zero-order valence-electron chi connectivity index (χ0n) is 14.8. The lowest BCUT2D eigenvalue weighted by Gasteiger charge is -2.24. The van der Waals surface area contributed by atoms with Crippen LogP contribution in [0.4, 0.5) is 0 Å². The molecule has 24 heavy (non-hydrogen) atoms. The van der Waals surface area contributed by atoms with Crippen LogP contribution in [-0.4, -0.2) is 37.0 Å². The van der Waals surface area contributed by atoms with E-state index in [0.717, 1.165) is 6.42 Å². The van der Waals surface area contributed by atoms with Gasteiger partial charge in [-0.15, -0.1) is 0 Å². The van der Waals surface area contributed by atoms with Gasteiger partial charge in [-0.05, 0) is 43.9 Å². The molecule has 5 heteroatoms. The number of rotatable bonds is 6. The Morgan fingerprint density at radius 3 is 2.38 bits per heavy atom. The van der Waals surface area contributed by atoms with E-state index in [-0.39, 0.29) is 17.9 Å². The Labute approximate surface area is 145 Å². The summed E-state index contributed by atoms with van der Waals surface area (Å²) < 4.78 is 0. The van der Waals surface area contributed by atoms with Crippen molar-refractivity contribution in [2.45, 2.75) is 82.7 Å². The van der Waals surface area contributed by atoms with Gasteiger partial charge in [0.2, 0.25) is 11.8 Å². The molecule has 3 rings (SSSR count). The maximum atomic E-state index is 12.3. The normalized spacial score (nSPS) is 30.6. The smallest absolute Gasteiger partial charge is 0.237 e. The number of amides is 2. The van der Waals surface area contributed by atoms with E-state index in [0.29, 0.717) is 37.4 Å². The second-order valence-electron chi connectivity index (χ2n) is 7.96. The summed E-state index contributed by atoms with van der Waals surface area (Å²) in [6, 6.07) is 0.515. The van der Waals surface area contributed by atoms with Crippen molar-refractivity contribution in [3.05, 3.63) is 0 Å². The van der Waals surface area contributed by atoms with Crippen LogP contribution in [0.25, 0.3) is 0 Å². The van der Waals surface area contributed by atoms with Crippen molar-refractivity contribution in [3.8, 4) is 0 Å². The molecule has 136 valence electrons. The lowest BCUT2D eigenvalue weighted by molar-refractivity contribution is -0.124. The van der Waals surface area contributed by atoms with Crippen LogP contribution in [0, 0.1) is 11.8 Å². The lowest BCUT2D eigenvalue weighted by Crippen LogP contribution is -2.45. The number of carbonyl (C=O) groups excluding carboxylic acids is 2. The van der Waals surface area contributed by atoms with E-state index >= 15 is 0 Å². The zero-order valence-corrected chi connectivity index (χ0v) is 14.8. The molecule has 2 saturated carbocycles. The third kappa shape index (κ3) is 4.95. The van der Waals surface area contributed by atoms with Gasteiger partial charge in [0.25, 0.3) is 0 Å². The Morgan fingerprint density at radius 1 is 0.875 bits per heavy atom. The van der Waals surface area contributed by atoms with Crippen molar-refractivity contribution in [2.24, 2.45) is 11.8 Å². The molecule has 1 heterocycles. The van der Waals surface area contributed by atoms with Crippen LogP contribution in [-0.2, 0) is 9.59 Å². The number of nitrogens with one attached hydrogen (secondary N) is 3. The minimum absolute atomic E-state index is 0.0314. The summed E-state index contributed by atoms with van der Waals surface area (Å²) in [6.07, 6.45) is 13.0. The van der Waals surface area contributed by atoms with E-state index in [1.165, 1.54) is 57.8 Å². The third-order valence-corrected chi connectivity index (χ3v) is 6.12. The molecule has 3 fully saturated rings. The van der Waals surface area contributed by atoms with Gasteiger partial charge in [0.05, 0.1) is 6.04 Å². The Morgan fingerprint density at radius 2 is 1.58 bits per heavy atom. The molecular weight excluding hydrogens is 302 g/mol. The highest BCUT2D eigenvalue weighted by Crippen LogP contribution is 2.33. The molecule has 0 aromatic rings. The summed E-state index contributed by atoms with van der Waals surface area (Å²) >= 11 is 0. The predicted molar refractivity (Wildman–Crippen MR) is 94.5 cm³/mol. The van der Waals surface area contributed by atoms with Crippen LogP contribution >= 0.6 is 0 Å². The second kappa shape index (κ2) is 8.84. The first-order valence-electron chi connectivity index (χ1n) is 10.0. The molecule has 2 aliphatic carbocycles. The van der Waals surface area contributed by atoms with Crippen molar-refractivity contribution in [1.29, 1.82) is 0 Å². The van der Waals surface area contributed by atoms with Gasteiger partial charge in [0, 0.05) is 25.6 Å². The number of hydrogen-bond donors (Lipinski definition) is 3. The van der Waals surface area contributed by atoms with E-state index in [2.05, 4.69) is 16.0 Å². The van der Waals surface area contributed by atoms with E-state index in [4.69, 9.17) is 0 Å². The van der Waals surface area contributed by atoms with Gasteiger partial charge < -0.3 is 16.0 Å². The summed E-state index contributed by atoms with van der Waals surface area (Å²) in [5, 5.41) is 9.43. The predicted octanol–water partition coefficient (Wildman–Crippen LogP) is 2.11. The monoisotopic (exact) mass is 335 g/mol. The average molecular weight is 335 g/mol. The zero-order chi connectivity index (χ0) is 16.8. The molecule has 0 aromatic carbocycles. The van der Waals surface area contributed by atoms with E-state index in [1.807, 2.05) is 0 Å². The molecular formula is C19H33N3O2. The third-order valence-electron chi connectivity index (χ3n) is 6.12. The second-order valence-corrected chi connectivity index (χ2v) is 7.96. The van der Waals surface area contributed by atoms with Gasteiger partial charge in [-0.2, -0.15) is 0 Å². The van der Waals surface area contributed by atoms with Gasteiger partial charge in [-0.1, -0.05) is 32.1 Å². The molecule has 5 nitrogen and oxygen atoms in total. The molecule has 2 amide bonds. The Bertz CT molecular complexity index is 420. The van der Waals surface area contributed by atoms with Gasteiger partial charge >= 0.3 is 0 Å². The molecule has 1 aliphatic heterocycles. The van der Waals surface area contributed by atoms with Crippen LogP contribution in [0.2, 0.25) is 0 Å². The van der Waals surface area contributed by atoms with Gasteiger partial charge in [-0.3, -0.25) is 9.59 Å². The first-order valence-corrected chi connectivity index (χ1v) is 10.0. The van der Waals surface area contributed by atoms with E-state index in [9.17, 15) is 9.59 Å². The first kappa shape index (κ1) is 17.7. The fraction of sp³-hybridized carbons (Fsp3) is 0.895. The van der Waals surface area contributed by atoms with E-state index < -0.39 is 0 Å². The van der Waals surface area contributed by atoms with Crippen molar-refractivity contribution in [1.82, 2.24) is 16.0 Å². The van der Waals surface area contributed by atoms with Crippen LogP contribution in [0.3, 0.4) is 0 Å². The molecule has 0 radical (unpaired) electrons. The van der Waals surface area contributed by atoms with Crippen LogP contribution in [0.5, 0.6) is 0 Å². The lowest BCUT2D eigenvalue weighted by atomic mass is 9.85. The van der Waals surface area contributed by atoms with Crippen LogP contribution in [0.15, 0.2) is 0 Å². The highest BCUT2D eigenvalue weighted by atomic mass is 16.2. The van der Waals surface area contributed by atoms with E-state index in [1.54, 1.807) is 0 Å². The quantitative estimate of drug-likeness (QED) is 0.651. The van der Waals surface area contributed by atoms with Crippen molar-refractivity contribution >= 4 is 11.8 Å². The maximum absolute atomic E-state index is 12.3. The molecule has 1 saturated heterocycles. The summed E-state index contributed by atoms with van der Waals surface area (Å²) in [7, 11) is 0. The molecule has 0 bridgehead atoms. The molecule has 3 unspecified atom stereocenters. The highest BCUT2D eigenvalue weighted by Gasteiger charge is 2.37. The molecule has 3 aliphatic rings. The van der Waals surface area contributed by atoms with Crippen molar-refractivity contribution < 1.29 is 9.59 Å². The Balaban J connectivity index is 1.27. The standard InChI is InChI=1S/C19H33N3O2/c23-18(12-14-6-2-1-3-7-14)20-10-11-21-19(24)17-13-15-8-4-5-9-16(15)22-17/h14-17,22H,1-13H2,(H,20,23)(H,21,24). The van der Waals surface area contributed by atoms with Crippen molar-refractivity contribution in [3.63, 3.8) is 0 Å². The van der Waals surface area contributed by atoms with Gasteiger partial charge in [0.1, 0.15) is 0 Å². The topological polar surface area (TPSA) is 70.2 Å². The van der Waals surface area contributed by atoms with Crippen molar-refractivity contribution in [2.75, 3.05) is 13.1 Å². The maximum Gasteiger partial charge on any atom is 0.237 e. The fourth-order valence-corrected chi connectivity index (χ4v) is 4.76. The number of carbonyl (C=O) groups is 2. The SMILES string of the molecule is O=C(CC1CCCCC1)NCCNC(=O)C1CC2CCCCC2N1. The number of fused-ring (bicyclic) bond motifs is 1. The van der Waals surface area contributed by atoms with Crippen LogP contribution in [0.1, 0.15) is 70.6 Å². The summed E-state index contributed by atoms with van der Waals surface area (Å²) in [5.74, 6) is 1.50. The minimum Gasteiger partial charge on any atom is -0.354 e.